The van der Waals surface area contributed by atoms with Crippen LogP contribution in [0.25, 0.3) is 21.9 Å². The predicted octanol–water partition coefficient (Wildman–Crippen LogP) is 4.15. The molecule has 1 aliphatic carbocycles. The van der Waals surface area contributed by atoms with E-state index in [1.165, 1.54) is 0 Å². The van der Waals surface area contributed by atoms with Crippen LogP contribution in [0.4, 0.5) is 5.69 Å². The predicted molar refractivity (Wildman–Crippen MR) is 129 cm³/mol. The van der Waals surface area contributed by atoms with Crippen molar-refractivity contribution in [2.45, 2.75) is 37.0 Å². The lowest BCUT2D eigenvalue weighted by Crippen LogP contribution is -2.43. The smallest absolute Gasteiger partial charge is 0.216 e. The maximum Gasteiger partial charge on any atom is 0.216 e. The van der Waals surface area contributed by atoms with Gasteiger partial charge >= 0.3 is 0 Å². The lowest BCUT2D eigenvalue weighted by atomic mass is 9.98. The summed E-state index contributed by atoms with van der Waals surface area (Å²) >= 11 is 0. The number of nitrogens with one attached hydrogen (secondary N) is 1. The van der Waals surface area contributed by atoms with Crippen LogP contribution in [0.5, 0.6) is 5.75 Å². The lowest BCUT2D eigenvalue weighted by Gasteiger charge is -2.32. The number of pyridine rings is 1. The van der Waals surface area contributed by atoms with Crippen molar-refractivity contribution in [3.63, 3.8) is 0 Å². The zero-order chi connectivity index (χ0) is 23.0. The van der Waals surface area contributed by atoms with Crippen molar-refractivity contribution in [2.24, 2.45) is 0 Å². The number of anilines is 1. The molecule has 1 N–H and O–H groups in total. The Labute approximate surface area is 194 Å². The fourth-order valence-corrected chi connectivity index (χ4v) is 6.38. The molecule has 0 bridgehead atoms. The lowest BCUT2D eigenvalue weighted by molar-refractivity contribution is 0.329. The number of benzene rings is 2. The fourth-order valence-electron chi connectivity index (χ4n) is 4.51. The molecular formula is C25H26N4O3S. The first-order valence-corrected chi connectivity index (χ1v) is 12.7. The molecule has 2 aliphatic rings. The summed E-state index contributed by atoms with van der Waals surface area (Å²) in [4.78, 5) is 4.30. The molecule has 0 atom stereocenters. The highest BCUT2D eigenvalue weighted by Crippen LogP contribution is 2.35. The van der Waals surface area contributed by atoms with Crippen LogP contribution < -0.4 is 10.1 Å². The zero-order valence-corrected chi connectivity index (χ0v) is 19.3. The first-order chi connectivity index (χ1) is 16.0. The molecule has 1 saturated carbocycles. The number of nitriles is 1. The van der Waals surface area contributed by atoms with E-state index in [4.69, 9.17) is 4.74 Å². The zero-order valence-electron chi connectivity index (χ0n) is 18.5. The van der Waals surface area contributed by atoms with Gasteiger partial charge in [-0.05, 0) is 72.5 Å². The summed E-state index contributed by atoms with van der Waals surface area (Å²) in [6.45, 7) is 1.10. The van der Waals surface area contributed by atoms with E-state index in [0.29, 0.717) is 24.4 Å². The largest absolute Gasteiger partial charge is 0.495 e. The second kappa shape index (κ2) is 8.65. The van der Waals surface area contributed by atoms with Crippen molar-refractivity contribution in [2.75, 3.05) is 25.5 Å². The topological polar surface area (TPSA) is 95.3 Å². The van der Waals surface area contributed by atoms with Crippen molar-refractivity contribution in [1.82, 2.24) is 9.29 Å². The molecule has 1 saturated heterocycles. The van der Waals surface area contributed by atoms with Crippen LogP contribution in [0, 0.1) is 11.3 Å². The number of sulfonamides is 1. The van der Waals surface area contributed by atoms with Crippen LogP contribution in [0.1, 0.15) is 31.2 Å². The van der Waals surface area contributed by atoms with Crippen LogP contribution in [0.15, 0.2) is 48.8 Å². The van der Waals surface area contributed by atoms with Gasteiger partial charge in [-0.3, -0.25) is 4.98 Å². The van der Waals surface area contributed by atoms with Gasteiger partial charge in [-0.2, -0.15) is 5.26 Å². The third-order valence-electron chi connectivity index (χ3n) is 6.53. The van der Waals surface area contributed by atoms with Crippen LogP contribution in [0.2, 0.25) is 0 Å². The first-order valence-electron chi connectivity index (χ1n) is 11.2. The Morgan fingerprint density at radius 2 is 1.88 bits per heavy atom. The van der Waals surface area contributed by atoms with Gasteiger partial charge in [0.25, 0.3) is 0 Å². The third kappa shape index (κ3) is 4.26. The molecule has 1 aromatic heterocycles. The number of aromatic nitrogens is 1. The molecule has 8 heteroatoms. The van der Waals surface area contributed by atoms with E-state index in [2.05, 4.69) is 28.5 Å². The standard InChI is InChI=1S/C25H26N4O3S/c1-32-25-5-2-17(12-20(25)15-26)19-13-18-6-9-27-16-23(18)24(14-19)28-21-7-10-29(11-8-21)33(30,31)22-3-4-22/h2,5-6,9,12-14,16,21-22,28H,3-4,7-8,10-11H2,1H3. The van der Waals surface area contributed by atoms with E-state index in [1.54, 1.807) is 17.6 Å². The van der Waals surface area contributed by atoms with Gasteiger partial charge in [0.2, 0.25) is 10.0 Å². The molecule has 7 nitrogen and oxygen atoms in total. The number of hydrogen-bond acceptors (Lipinski definition) is 6. The van der Waals surface area contributed by atoms with Crippen LogP contribution in [0.3, 0.4) is 0 Å². The van der Waals surface area contributed by atoms with Crippen LogP contribution in [-0.2, 0) is 10.0 Å². The maximum absolute atomic E-state index is 12.6. The van der Waals surface area contributed by atoms with Gasteiger partial charge in [-0.15, -0.1) is 0 Å². The Kier molecular flexibility index (Phi) is 5.69. The molecule has 33 heavy (non-hydrogen) atoms. The Morgan fingerprint density at radius 3 is 2.58 bits per heavy atom. The minimum absolute atomic E-state index is 0.156. The number of methoxy groups -OCH3 is 1. The molecule has 2 fully saturated rings. The van der Waals surface area contributed by atoms with E-state index in [9.17, 15) is 13.7 Å². The second-order valence-corrected chi connectivity index (χ2v) is 10.9. The van der Waals surface area contributed by atoms with Gasteiger partial charge in [-0.25, -0.2) is 12.7 Å². The van der Waals surface area contributed by atoms with Crippen molar-refractivity contribution >= 4 is 26.5 Å². The number of piperidine rings is 1. The molecule has 0 unspecified atom stereocenters. The van der Waals surface area contributed by atoms with Gasteiger partial charge in [0.1, 0.15) is 11.8 Å². The molecule has 5 rings (SSSR count). The van der Waals surface area contributed by atoms with Crippen molar-refractivity contribution in [1.29, 1.82) is 5.26 Å². The summed E-state index contributed by atoms with van der Waals surface area (Å²) < 4.78 is 32.1. The normalized spacial score (nSPS) is 17.6. The van der Waals surface area contributed by atoms with Gasteiger partial charge < -0.3 is 10.1 Å². The Bertz CT molecular complexity index is 1340. The van der Waals surface area contributed by atoms with Gasteiger partial charge in [0.05, 0.1) is 17.9 Å². The van der Waals surface area contributed by atoms with Gasteiger partial charge in [0, 0.05) is 42.6 Å². The fraction of sp³-hybridized carbons (Fsp3) is 0.360. The van der Waals surface area contributed by atoms with E-state index < -0.39 is 10.0 Å². The minimum Gasteiger partial charge on any atom is -0.495 e. The summed E-state index contributed by atoms with van der Waals surface area (Å²) in [5.74, 6) is 0.553. The van der Waals surface area contributed by atoms with Crippen molar-refractivity contribution < 1.29 is 13.2 Å². The van der Waals surface area contributed by atoms with Crippen molar-refractivity contribution in [3.05, 3.63) is 54.4 Å². The quantitative estimate of drug-likeness (QED) is 0.591. The molecule has 2 heterocycles. The molecule has 0 radical (unpaired) electrons. The summed E-state index contributed by atoms with van der Waals surface area (Å²) in [5.41, 5.74) is 3.38. The van der Waals surface area contributed by atoms with E-state index >= 15 is 0 Å². The van der Waals surface area contributed by atoms with Gasteiger partial charge in [-0.1, -0.05) is 6.07 Å². The Balaban J connectivity index is 1.42. The monoisotopic (exact) mass is 462 g/mol. The summed E-state index contributed by atoms with van der Waals surface area (Å²) in [6, 6.07) is 14.1. The second-order valence-electron chi connectivity index (χ2n) is 8.71. The number of nitrogens with zero attached hydrogens (tertiary/aromatic N) is 3. The molecule has 0 spiro atoms. The van der Waals surface area contributed by atoms with Crippen LogP contribution >= 0.6 is 0 Å². The minimum atomic E-state index is -3.12. The molecule has 170 valence electrons. The molecule has 0 amide bonds. The number of fused-ring (bicyclic) bond motifs is 1. The molecule has 1 aliphatic heterocycles. The highest BCUT2D eigenvalue weighted by molar-refractivity contribution is 7.90. The molecule has 2 aromatic carbocycles. The Morgan fingerprint density at radius 1 is 1.09 bits per heavy atom. The number of rotatable bonds is 6. The average molecular weight is 463 g/mol. The van der Waals surface area contributed by atoms with Crippen LogP contribution in [-0.4, -0.2) is 49.2 Å². The first kappa shape index (κ1) is 21.7. The highest BCUT2D eigenvalue weighted by atomic mass is 32.2. The maximum atomic E-state index is 12.6. The Hall–Kier alpha value is -3.15. The SMILES string of the molecule is COc1ccc(-c2cc(NC3CCN(S(=O)(=O)C4CC4)CC3)c3cnccc3c2)cc1C#N. The number of hydrogen-bond donors (Lipinski definition) is 1. The van der Waals surface area contributed by atoms with E-state index in [-0.39, 0.29) is 11.3 Å². The van der Waals surface area contributed by atoms with E-state index in [0.717, 1.165) is 53.3 Å². The summed E-state index contributed by atoms with van der Waals surface area (Å²) in [6.07, 6.45) is 6.74. The molecule has 3 aromatic rings. The summed E-state index contributed by atoms with van der Waals surface area (Å²) in [7, 11) is -1.56. The third-order valence-corrected chi connectivity index (χ3v) is 8.93. The highest BCUT2D eigenvalue weighted by Gasteiger charge is 2.41. The number of ether oxygens (including phenoxy) is 1. The van der Waals surface area contributed by atoms with E-state index in [1.807, 2.05) is 30.5 Å². The molecular weight excluding hydrogens is 436 g/mol. The average Bonchev–Trinajstić information content (AvgIpc) is 3.70. The van der Waals surface area contributed by atoms with Gasteiger partial charge in [0.15, 0.2) is 0 Å². The summed E-state index contributed by atoms with van der Waals surface area (Å²) in [5, 5.41) is 15.0. The van der Waals surface area contributed by atoms with Crippen molar-refractivity contribution in [3.8, 4) is 22.9 Å².